The molecule has 2 nitrogen and oxygen atoms in total. The number of hydrogen-bond acceptors (Lipinski definition) is 3. The molecule has 0 aliphatic carbocycles. The number of benzene rings is 1. The molecule has 0 atom stereocenters. The lowest BCUT2D eigenvalue weighted by atomic mass is 10.2. The molecular weight excluding hydrogens is 220 g/mol. The van der Waals surface area contributed by atoms with Crippen molar-refractivity contribution in [3.05, 3.63) is 35.2 Å². The molecule has 0 radical (unpaired) electrons. The minimum absolute atomic E-state index is 0.513. The van der Waals surface area contributed by atoms with Crippen LogP contribution in [0.1, 0.15) is 17.7 Å². The van der Waals surface area contributed by atoms with Crippen LogP contribution < -0.4 is 0 Å². The van der Waals surface area contributed by atoms with E-state index in [-0.39, 0.29) is 0 Å². The monoisotopic (exact) mass is 234 g/mol. The van der Waals surface area contributed by atoms with Crippen LogP contribution >= 0.6 is 11.3 Å². The van der Waals surface area contributed by atoms with Gasteiger partial charge < -0.3 is 4.74 Å². The smallest absolute Gasteiger partial charge is 0.293 e. The van der Waals surface area contributed by atoms with Crippen LogP contribution in [0.25, 0.3) is 10.1 Å². The SMILES string of the molecule is O=COCCCCc1cc2ccccc2s1. The van der Waals surface area contributed by atoms with Crippen molar-refractivity contribution in [1.82, 2.24) is 0 Å². The van der Waals surface area contributed by atoms with E-state index >= 15 is 0 Å². The van der Waals surface area contributed by atoms with Gasteiger partial charge in [0.2, 0.25) is 0 Å². The van der Waals surface area contributed by atoms with Crippen LogP contribution in [0, 0.1) is 0 Å². The standard InChI is InChI=1S/C13H14O2S/c14-10-15-8-4-3-6-12-9-11-5-1-2-7-13(11)16-12/h1-2,5,7,9-10H,3-4,6,8H2. The fraction of sp³-hybridized carbons (Fsp3) is 0.308. The second-order valence-corrected chi connectivity index (χ2v) is 4.84. The molecule has 0 N–H and O–H groups in total. The Bertz CT molecular complexity index is 429. The Morgan fingerprint density at radius 2 is 2.12 bits per heavy atom. The topological polar surface area (TPSA) is 26.3 Å². The Labute approximate surface area is 98.9 Å². The van der Waals surface area contributed by atoms with Gasteiger partial charge >= 0.3 is 0 Å². The molecule has 84 valence electrons. The average molecular weight is 234 g/mol. The number of ether oxygens (including phenoxy) is 1. The maximum atomic E-state index is 9.94. The zero-order chi connectivity index (χ0) is 11.2. The molecule has 3 heteroatoms. The average Bonchev–Trinajstić information content (AvgIpc) is 2.71. The Balaban J connectivity index is 1.87. The van der Waals surface area contributed by atoms with Gasteiger partial charge in [0, 0.05) is 9.58 Å². The second-order valence-electron chi connectivity index (χ2n) is 3.67. The van der Waals surface area contributed by atoms with Crippen molar-refractivity contribution >= 4 is 27.9 Å². The molecule has 1 aromatic carbocycles. The largest absolute Gasteiger partial charge is 0.468 e. The third-order valence-electron chi connectivity index (χ3n) is 2.48. The van der Waals surface area contributed by atoms with Crippen LogP contribution in [-0.4, -0.2) is 13.1 Å². The first kappa shape index (κ1) is 11.1. The fourth-order valence-electron chi connectivity index (χ4n) is 1.69. The predicted molar refractivity (Wildman–Crippen MR) is 66.8 cm³/mol. The maximum Gasteiger partial charge on any atom is 0.293 e. The summed E-state index contributed by atoms with van der Waals surface area (Å²) in [6, 6.07) is 10.7. The number of hydrogen-bond donors (Lipinski definition) is 0. The number of aryl methyl sites for hydroxylation is 1. The number of carbonyl (C=O) groups is 1. The lowest BCUT2D eigenvalue weighted by Crippen LogP contribution is -1.92. The number of unbranched alkanes of at least 4 members (excludes halogenated alkanes) is 1. The molecule has 2 rings (SSSR count). The van der Waals surface area contributed by atoms with Gasteiger partial charge in [0.15, 0.2) is 0 Å². The first-order valence-corrected chi connectivity index (χ1v) is 6.24. The highest BCUT2D eigenvalue weighted by Gasteiger charge is 2.00. The molecule has 0 amide bonds. The van der Waals surface area contributed by atoms with Gasteiger partial charge in [-0.1, -0.05) is 18.2 Å². The summed E-state index contributed by atoms with van der Waals surface area (Å²) in [5, 5.41) is 1.33. The van der Waals surface area contributed by atoms with Gasteiger partial charge in [-0.15, -0.1) is 11.3 Å². The van der Waals surface area contributed by atoms with Gasteiger partial charge in [-0.05, 0) is 36.8 Å². The van der Waals surface area contributed by atoms with Gasteiger partial charge in [0.25, 0.3) is 6.47 Å². The van der Waals surface area contributed by atoms with E-state index in [0.717, 1.165) is 19.3 Å². The van der Waals surface area contributed by atoms with E-state index in [2.05, 4.69) is 35.1 Å². The second kappa shape index (κ2) is 5.66. The molecule has 1 aromatic heterocycles. The van der Waals surface area contributed by atoms with E-state index in [1.807, 2.05) is 11.3 Å². The van der Waals surface area contributed by atoms with Crippen LogP contribution in [0.3, 0.4) is 0 Å². The molecular formula is C13H14O2S. The summed E-state index contributed by atoms with van der Waals surface area (Å²) in [7, 11) is 0. The van der Waals surface area contributed by atoms with Gasteiger partial charge in [0.1, 0.15) is 0 Å². The third-order valence-corrected chi connectivity index (χ3v) is 3.66. The molecule has 16 heavy (non-hydrogen) atoms. The van der Waals surface area contributed by atoms with Gasteiger partial charge in [0.05, 0.1) is 6.61 Å². The first-order chi connectivity index (χ1) is 7.90. The van der Waals surface area contributed by atoms with Crippen LogP contribution in [-0.2, 0) is 16.0 Å². The van der Waals surface area contributed by atoms with Crippen LogP contribution in [0.5, 0.6) is 0 Å². The lowest BCUT2D eigenvalue weighted by Gasteiger charge is -1.97. The molecule has 0 bridgehead atoms. The van der Waals surface area contributed by atoms with Crippen molar-refractivity contribution < 1.29 is 9.53 Å². The lowest BCUT2D eigenvalue weighted by molar-refractivity contribution is -0.128. The molecule has 0 aliphatic heterocycles. The highest BCUT2D eigenvalue weighted by atomic mass is 32.1. The van der Waals surface area contributed by atoms with E-state index in [0.29, 0.717) is 13.1 Å². The highest BCUT2D eigenvalue weighted by molar-refractivity contribution is 7.19. The zero-order valence-corrected chi connectivity index (χ0v) is 9.83. The number of thiophene rings is 1. The number of rotatable bonds is 6. The van der Waals surface area contributed by atoms with E-state index in [9.17, 15) is 4.79 Å². The first-order valence-electron chi connectivity index (χ1n) is 5.43. The summed E-state index contributed by atoms with van der Waals surface area (Å²) in [5.74, 6) is 0. The molecule has 0 unspecified atom stereocenters. The Morgan fingerprint density at radius 1 is 1.25 bits per heavy atom. The molecule has 1 heterocycles. The van der Waals surface area contributed by atoms with Crippen molar-refractivity contribution in [3.8, 4) is 0 Å². The molecule has 0 saturated carbocycles. The van der Waals surface area contributed by atoms with Crippen molar-refractivity contribution in [2.45, 2.75) is 19.3 Å². The van der Waals surface area contributed by atoms with Crippen molar-refractivity contribution in [2.24, 2.45) is 0 Å². The molecule has 0 fully saturated rings. The zero-order valence-electron chi connectivity index (χ0n) is 9.02. The predicted octanol–water partition coefficient (Wildman–Crippen LogP) is 3.40. The number of fused-ring (bicyclic) bond motifs is 1. The molecule has 0 aliphatic rings. The summed E-state index contributed by atoms with van der Waals surface area (Å²) in [6.07, 6.45) is 3.08. The van der Waals surface area contributed by atoms with E-state index in [1.165, 1.54) is 15.0 Å². The van der Waals surface area contributed by atoms with Crippen molar-refractivity contribution in [3.63, 3.8) is 0 Å². The Kier molecular flexibility index (Phi) is 3.94. The summed E-state index contributed by atoms with van der Waals surface area (Å²) < 4.78 is 6.00. The summed E-state index contributed by atoms with van der Waals surface area (Å²) in [5.41, 5.74) is 0. The van der Waals surface area contributed by atoms with Crippen molar-refractivity contribution in [2.75, 3.05) is 6.61 Å². The Hall–Kier alpha value is -1.35. The molecule has 0 spiro atoms. The fourth-order valence-corrected chi connectivity index (χ4v) is 2.80. The summed E-state index contributed by atoms with van der Waals surface area (Å²) in [4.78, 5) is 11.3. The van der Waals surface area contributed by atoms with Gasteiger partial charge in [-0.25, -0.2) is 0 Å². The summed E-state index contributed by atoms with van der Waals surface area (Å²) in [6.45, 7) is 1.05. The number of carbonyl (C=O) groups excluding carboxylic acids is 1. The van der Waals surface area contributed by atoms with E-state index in [1.54, 1.807) is 0 Å². The van der Waals surface area contributed by atoms with Crippen molar-refractivity contribution in [1.29, 1.82) is 0 Å². The minimum Gasteiger partial charge on any atom is -0.468 e. The van der Waals surface area contributed by atoms with Gasteiger partial charge in [-0.2, -0.15) is 0 Å². The van der Waals surface area contributed by atoms with Crippen LogP contribution in [0.2, 0.25) is 0 Å². The molecule has 2 aromatic rings. The Morgan fingerprint density at radius 3 is 2.94 bits per heavy atom. The van der Waals surface area contributed by atoms with Gasteiger partial charge in [-0.3, -0.25) is 4.79 Å². The quantitative estimate of drug-likeness (QED) is 0.565. The van der Waals surface area contributed by atoms with E-state index in [4.69, 9.17) is 0 Å². The van der Waals surface area contributed by atoms with E-state index < -0.39 is 0 Å². The van der Waals surface area contributed by atoms with Crippen LogP contribution in [0.4, 0.5) is 0 Å². The minimum atomic E-state index is 0.513. The molecule has 0 saturated heterocycles. The van der Waals surface area contributed by atoms with Crippen LogP contribution in [0.15, 0.2) is 30.3 Å². The third kappa shape index (κ3) is 2.83. The normalized spacial score (nSPS) is 10.5. The highest BCUT2D eigenvalue weighted by Crippen LogP contribution is 2.26. The summed E-state index contributed by atoms with van der Waals surface area (Å²) >= 11 is 1.85. The maximum absolute atomic E-state index is 9.94.